The van der Waals surface area contributed by atoms with Gasteiger partial charge in [-0.2, -0.15) is 0 Å². The summed E-state index contributed by atoms with van der Waals surface area (Å²) in [7, 11) is 0. The van der Waals surface area contributed by atoms with E-state index < -0.39 is 0 Å². The molecule has 76 valence electrons. The van der Waals surface area contributed by atoms with Crippen molar-refractivity contribution in [3.63, 3.8) is 0 Å². The fourth-order valence-corrected chi connectivity index (χ4v) is 1.29. The van der Waals surface area contributed by atoms with Crippen molar-refractivity contribution < 1.29 is 4.74 Å². The Labute approximate surface area is 92.7 Å². The maximum absolute atomic E-state index is 5.72. The van der Waals surface area contributed by atoms with Crippen LogP contribution in [0.5, 0.6) is 11.6 Å². The standard InChI is InChI=1S/C11H9ClN2O/c1-8-4-2-3-5-9(8)15-11-6-10(12)13-7-14-11/h2-7H,1H3. The second-order valence-electron chi connectivity index (χ2n) is 3.05. The molecular formula is C11H9ClN2O. The molecular weight excluding hydrogens is 212 g/mol. The third-order valence-corrected chi connectivity index (χ3v) is 2.12. The lowest BCUT2D eigenvalue weighted by molar-refractivity contribution is 0.458. The predicted octanol–water partition coefficient (Wildman–Crippen LogP) is 3.23. The van der Waals surface area contributed by atoms with Gasteiger partial charge in [0, 0.05) is 6.07 Å². The van der Waals surface area contributed by atoms with Gasteiger partial charge in [-0.15, -0.1) is 0 Å². The van der Waals surface area contributed by atoms with Crippen molar-refractivity contribution in [2.75, 3.05) is 0 Å². The Balaban J connectivity index is 2.26. The molecule has 2 aromatic rings. The second-order valence-corrected chi connectivity index (χ2v) is 3.43. The number of benzene rings is 1. The van der Waals surface area contributed by atoms with Crippen molar-refractivity contribution in [3.05, 3.63) is 47.4 Å². The van der Waals surface area contributed by atoms with Crippen molar-refractivity contribution in [1.29, 1.82) is 0 Å². The Kier molecular flexibility index (Phi) is 2.83. The highest BCUT2D eigenvalue weighted by Gasteiger charge is 2.01. The molecule has 0 unspecified atom stereocenters. The van der Waals surface area contributed by atoms with Gasteiger partial charge < -0.3 is 4.74 Å². The van der Waals surface area contributed by atoms with Gasteiger partial charge in [-0.3, -0.25) is 0 Å². The zero-order valence-corrected chi connectivity index (χ0v) is 8.90. The van der Waals surface area contributed by atoms with Crippen LogP contribution in [0.25, 0.3) is 0 Å². The first-order chi connectivity index (χ1) is 7.25. The molecule has 0 atom stereocenters. The first-order valence-corrected chi connectivity index (χ1v) is 4.84. The van der Waals surface area contributed by atoms with Crippen molar-refractivity contribution in [2.24, 2.45) is 0 Å². The molecule has 15 heavy (non-hydrogen) atoms. The fraction of sp³-hybridized carbons (Fsp3) is 0.0909. The molecule has 4 heteroatoms. The second kappa shape index (κ2) is 4.28. The van der Waals surface area contributed by atoms with Gasteiger partial charge >= 0.3 is 0 Å². The Morgan fingerprint density at radius 2 is 2.00 bits per heavy atom. The third kappa shape index (κ3) is 2.44. The fourth-order valence-electron chi connectivity index (χ4n) is 1.16. The Morgan fingerprint density at radius 1 is 1.20 bits per heavy atom. The maximum atomic E-state index is 5.72. The lowest BCUT2D eigenvalue weighted by Gasteiger charge is -2.06. The first-order valence-electron chi connectivity index (χ1n) is 4.47. The first kappa shape index (κ1) is 9.93. The molecule has 0 bridgehead atoms. The van der Waals surface area contributed by atoms with Gasteiger partial charge in [0.15, 0.2) is 0 Å². The zero-order valence-electron chi connectivity index (χ0n) is 8.14. The molecule has 0 fully saturated rings. The molecule has 0 aliphatic rings. The Morgan fingerprint density at radius 3 is 2.73 bits per heavy atom. The molecule has 2 rings (SSSR count). The van der Waals surface area contributed by atoms with Crippen LogP contribution in [0.4, 0.5) is 0 Å². The average Bonchev–Trinajstić information content (AvgIpc) is 2.22. The van der Waals surface area contributed by atoms with Crippen LogP contribution in [0.3, 0.4) is 0 Å². The van der Waals surface area contributed by atoms with E-state index in [4.69, 9.17) is 16.3 Å². The summed E-state index contributed by atoms with van der Waals surface area (Å²) in [4.78, 5) is 7.74. The van der Waals surface area contributed by atoms with E-state index in [-0.39, 0.29) is 0 Å². The van der Waals surface area contributed by atoms with E-state index in [9.17, 15) is 0 Å². The molecule has 1 aromatic carbocycles. The smallest absolute Gasteiger partial charge is 0.223 e. The SMILES string of the molecule is Cc1ccccc1Oc1cc(Cl)ncn1. The maximum Gasteiger partial charge on any atom is 0.223 e. The number of hydrogen-bond acceptors (Lipinski definition) is 3. The van der Waals surface area contributed by atoms with Crippen LogP contribution in [0.1, 0.15) is 5.56 Å². The molecule has 0 aliphatic carbocycles. The molecule has 0 saturated carbocycles. The van der Waals surface area contributed by atoms with Crippen molar-refractivity contribution in [2.45, 2.75) is 6.92 Å². The number of ether oxygens (including phenoxy) is 1. The van der Waals surface area contributed by atoms with Gasteiger partial charge in [0.25, 0.3) is 0 Å². The summed E-state index contributed by atoms with van der Waals surface area (Å²) in [5.74, 6) is 1.22. The topological polar surface area (TPSA) is 35.0 Å². The summed E-state index contributed by atoms with van der Waals surface area (Å²) in [6.07, 6.45) is 1.37. The number of aromatic nitrogens is 2. The van der Waals surface area contributed by atoms with Gasteiger partial charge in [0.05, 0.1) is 0 Å². The van der Waals surface area contributed by atoms with Crippen molar-refractivity contribution in [1.82, 2.24) is 9.97 Å². The van der Waals surface area contributed by atoms with Crippen LogP contribution in [0, 0.1) is 6.92 Å². The number of nitrogens with zero attached hydrogens (tertiary/aromatic N) is 2. The number of halogens is 1. The monoisotopic (exact) mass is 220 g/mol. The van der Waals surface area contributed by atoms with Crippen molar-refractivity contribution in [3.8, 4) is 11.6 Å². The van der Waals surface area contributed by atoms with Crippen LogP contribution in [0.2, 0.25) is 5.15 Å². The van der Waals surface area contributed by atoms with Gasteiger partial charge in [0.2, 0.25) is 5.88 Å². The van der Waals surface area contributed by atoms with Crippen molar-refractivity contribution >= 4 is 11.6 Å². The number of hydrogen-bond donors (Lipinski definition) is 0. The highest BCUT2D eigenvalue weighted by molar-refractivity contribution is 6.29. The normalized spacial score (nSPS) is 10.0. The molecule has 1 aromatic heterocycles. The van der Waals surface area contributed by atoms with E-state index in [0.717, 1.165) is 11.3 Å². The molecule has 0 radical (unpaired) electrons. The Bertz CT molecular complexity index is 474. The summed E-state index contributed by atoms with van der Waals surface area (Å²) >= 11 is 5.72. The molecule has 0 amide bonds. The van der Waals surface area contributed by atoms with E-state index in [1.807, 2.05) is 31.2 Å². The molecule has 0 aliphatic heterocycles. The van der Waals surface area contributed by atoms with E-state index >= 15 is 0 Å². The van der Waals surface area contributed by atoms with E-state index in [1.165, 1.54) is 6.33 Å². The van der Waals surface area contributed by atoms with E-state index in [2.05, 4.69) is 9.97 Å². The van der Waals surface area contributed by atoms with Gasteiger partial charge in [-0.05, 0) is 18.6 Å². The van der Waals surface area contributed by atoms with E-state index in [1.54, 1.807) is 6.07 Å². The number of aryl methyl sites for hydroxylation is 1. The predicted molar refractivity (Wildman–Crippen MR) is 58.3 cm³/mol. The lowest BCUT2D eigenvalue weighted by Crippen LogP contribution is -1.90. The molecule has 0 N–H and O–H groups in total. The summed E-state index contributed by atoms with van der Waals surface area (Å²) in [6.45, 7) is 1.97. The van der Waals surface area contributed by atoms with Gasteiger partial charge in [-0.25, -0.2) is 9.97 Å². The summed E-state index contributed by atoms with van der Waals surface area (Å²) in [5, 5.41) is 0.369. The van der Waals surface area contributed by atoms with Crippen LogP contribution in [-0.2, 0) is 0 Å². The highest BCUT2D eigenvalue weighted by Crippen LogP contribution is 2.23. The van der Waals surface area contributed by atoms with Crippen LogP contribution < -0.4 is 4.74 Å². The minimum Gasteiger partial charge on any atom is -0.439 e. The molecule has 1 heterocycles. The van der Waals surface area contributed by atoms with Crippen LogP contribution in [0.15, 0.2) is 36.7 Å². The minimum absolute atomic E-state index is 0.369. The summed E-state index contributed by atoms with van der Waals surface area (Å²) < 4.78 is 5.55. The van der Waals surface area contributed by atoms with Gasteiger partial charge in [0.1, 0.15) is 17.2 Å². The molecule has 0 saturated heterocycles. The minimum atomic E-state index is 0.369. The van der Waals surface area contributed by atoms with E-state index in [0.29, 0.717) is 11.0 Å². The van der Waals surface area contributed by atoms with Crippen LogP contribution in [-0.4, -0.2) is 9.97 Å². The summed E-state index contributed by atoms with van der Waals surface area (Å²) in [6, 6.07) is 9.29. The highest BCUT2D eigenvalue weighted by atomic mass is 35.5. The number of para-hydroxylation sites is 1. The molecule has 3 nitrogen and oxygen atoms in total. The Hall–Kier alpha value is -1.61. The van der Waals surface area contributed by atoms with Crippen LogP contribution >= 0.6 is 11.6 Å². The third-order valence-electron chi connectivity index (χ3n) is 1.92. The summed E-state index contributed by atoms with van der Waals surface area (Å²) in [5.41, 5.74) is 1.05. The molecule has 0 spiro atoms. The lowest BCUT2D eigenvalue weighted by atomic mass is 10.2. The largest absolute Gasteiger partial charge is 0.439 e. The number of rotatable bonds is 2. The van der Waals surface area contributed by atoms with Gasteiger partial charge in [-0.1, -0.05) is 29.8 Å². The average molecular weight is 221 g/mol. The zero-order chi connectivity index (χ0) is 10.7. The quantitative estimate of drug-likeness (QED) is 0.729.